The number of halogens is 1. The maximum Gasteiger partial charge on any atom is 0.250 e. The average Bonchev–Trinajstić information content (AvgIpc) is 3.22. The quantitative estimate of drug-likeness (QED) is 0.775. The Labute approximate surface area is 169 Å². The minimum atomic E-state index is -0.533. The molecule has 1 saturated heterocycles. The predicted octanol–water partition coefficient (Wildman–Crippen LogP) is 1.68. The van der Waals surface area contributed by atoms with E-state index in [1.165, 1.54) is 18.2 Å². The number of hydrogen-bond donors (Lipinski definition) is 2. The molecule has 0 unspecified atom stereocenters. The fraction of sp³-hybridized carbons (Fsp3) is 0.455. The van der Waals surface area contributed by atoms with Crippen LogP contribution in [0.3, 0.4) is 0 Å². The molecule has 1 aromatic heterocycles. The molecular weight excluding hydrogens is 373 g/mol. The molecule has 0 saturated carbocycles. The molecule has 0 radical (unpaired) electrons. The summed E-state index contributed by atoms with van der Waals surface area (Å²) in [4.78, 5) is 27.4. The van der Waals surface area contributed by atoms with Crippen LogP contribution < -0.4 is 10.9 Å². The van der Waals surface area contributed by atoms with Crippen LogP contribution in [0.5, 0.6) is 0 Å². The van der Waals surface area contributed by atoms with Gasteiger partial charge in [0.05, 0.1) is 12.1 Å². The molecule has 6 nitrogen and oxygen atoms in total. The third kappa shape index (κ3) is 3.49. The number of nitrogens with one attached hydrogen (secondary N) is 1. The van der Waals surface area contributed by atoms with Gasteiger partial charge in [0, 0.05) is 49.8 Å². The molecule has 2 N–H and O–H groups in total. The number of nitrogens with zero attached hydrogens (tertiary/aromatic N) is 2. The summed E-state index contributed by atoms with van der Waals surface area (Å²) in [6, 6.07) is 10.8. The van der Waals surface area contributed by atoms with Gasteiger partial charge in [-0.15, -0.1) is 0 Å². The lowest BCUT2D eigenvalue weighted by Crippen LogP contribution is -2.48. The van der Waals surface area contributed by atoms with Crippen LogP contribution in [0.1, 0.15) is 30.6 Å². The predicted molar refractivity (Wildman–Crippen MR) is 107 cm³/mol. The summed E-state index contributed by atoms with van der Waals surface area (Å²) in [5, 5.41) is 13.1. The van der Waals surface area contributed by atoms with Crippen LogP contribution in [0.4, 0.5) is 4.39 Å². The zero-order valence-electron chi connectivity index (χ0n) is 16.4. The van der Waals surface area contributed by atoms with Gasteiger partial charge in [0.25, 0.3) is 5.56 Å². The first-order valence-corrected chi connectivity index (χ1v) is 10.1. The number of pyridine rings is 1. The summed E-state index contributed by atoms with van der Waals surface area (Å²) in [6.07, 6.45) is 0.817. The molecular formula is C22H26FN3O3. The number of aromatic nitrogens is 1. The van der Waals surface area contributed by atoms with Gasteiger partial charge < -0.3 is 15.0 Å². The number of fused-ring (bicyclic) bond motifs is 3. The highest BCUT2D eigenvalue weighted by Crippen LogP contribution is 2.49. The number of rotatable bonds is 6. The van der Waals surface area contributed by atoms with Crippen LogP contribution in [0.15, 0.2) is 47.3 Å². The molecule has 29 heavy (non-hydrogen) atoms. The number of carbonyl (C=O) groups excluding carboxylic acids is 1. The van der Waals surface area contributed by atoms with Crippen LogP contribution in [-0.2, 0) is 17.9 Å². The van der Waals surface area contributed by atoms with E-state index in [0.717, 1.165) is 17.7 Å². The van der Waals surface area contributed by atoms with Crippen molar-refractivity contribution in [1.82, 2.24) is 14.8 Å². The van der Waals surface area contributed by atoms with E-state index in [1.54, 1.807) is 16.7 Å². The topological polar surface area (TPSA) is 74.6 Å². The molecule has 2 aliphatic rings. The Morgan fingerprint density at radius 1 is 1.28 bits per heavy atom. The van der Waals surface area contributed by atoms with Crippen LogP contribution in [0, 0.1) is 17.7 Å². The van der Waals surface area contributed by atoms with Crippen molar-refractivity contribution in [3.05, 3.63) is 69.9 Å². The van der Waals surface area contributed by atoms with E-state index in [9.17, 15) is 19.1 Å². The molecule has 0 spiro atoms. The van der Waals surface area contributed by atoms with Crippen molar-refractivity contribution >= 4 is 5.91 Å². The van der Waals surface area contributed by atoms with E-state index in [-0.39, 0.29) is 41.8 Å². The second-order valence-electron chi connectivity index (χ2n) is 7.89. The zero-order chi connectivity index (χ0) is 20.5. The van der Waals surface area contributed by atoms with Gasteiger partial charge in [0.1, 0.15) is 5.82 Å². The minimum absolute atomic E-state index is 0.0546. The number of carbonyl (C=O) groups is 1. The van der Waals surface area contributed by atoms with Gasteiger partial charge in [-0.2, -0.15) is 0 Å². The molecule has 2 aliphatic heterocycles. The fourth-order valence-corrected chi connectivity index (χ4v) is 4.93. The zero-order valence-corrected chi connectivity index (χ0v) is 16.4. The first-order valence-electron chi connectivity index (χ1n) is 10.1. The number of aliphatic hydroxyl groups excluding tert-OH is 1. The molecule has 154 valence electrons. The maximum absolute atomic E-state index is 13.8. The number of aliphatic hydroxyl groups is 1. The largest absolute Gasteiger partial charge is 0.396 e. The van der Waals surface area contributed by atoms with Crippen molar-refractivity contribution in [2.45, 2.75) is 38.5 Å². The van der Waals surface area contributed by atoms with Crippen LogP contribution in [-0.4, -0.2) is 39.7 Å². The Kier molecular flexibility index (Phi) is 5.52. The Morgan fingerprint density at radius 2 is 2.07 bits per heavy atom. The summed E-state index contributed by atoms with van der Waals surface area (Å²) in [5.74, 6) is -0.806. The highest BCUT2D eigenvalue weighted by molar-refractivity contribution is 5.82. The van der Waals surface area contributed by atoms with Gasteiger partial charge in [-0.3, -0.25) is 14.5 Å². The van der Waals surface area contributed by atoms with Gasteiger partial charge in [0.15, 0.2) is 0 Å². The number of amides is 1. The van der Waals surface area contributed by atoms with Crippen LogP contribution >= 0.6 is 0 Å². The van der Waals surface area contributed by atoms with Crippen molar-refractivity contribution < 1.29 is 14.3 Å². The molecule has 2 aromatic rings. The SMILES string of the molecule is CCCNC(=O)[C@@H]1[C@@H](CO)[C@@H]2Cn3c(cccc3=O)[C@@H]2N1Cc1cccc(F)c1. The normalized spacial score (nSPS) is 25.6. The molecule has 3 heterocycles. The van der Waals surface area contributed by atoms with E-state index >= 15 is 0 Å². The van der Waals surface area contributed by atoms with Crippen LogP contribution in [0.2, 0.25) is 0 Å². The smallest absolute Gasteiger partial charge is 0.250 e. The standard InChI is InChI=1S/C22H26FN3O3/c1-2-9-24-22(29)21-17(13-27)16-12-25-18(7-4-8-19(25)28)20(16)26(21)11-14-5-3-6-15(23)10-14/h3-8,10,16-17,20-21,27H,2,9,11-13H2,1H3,(H,24,29)/t16-,17-,20+,21-/m0/s1. The highest BCUT2D eigenvalue weighted by Gasteiger charge is 2.55. The molecule has 4 atom stereocenters. The first kappa shape index (κ1) is 19.8. The van der Waals surface area contributed by atoms with E-state index in [4.69, 9.17) is 0 Å². The van der Waals surface area contributed by atoms with Crippen molar-refractivity contribution in [2.24, 2.45) is 11.8 Å². The Bertz CT molecular complexity index is 960. The van der Waals surface area contributed by atoms with Gasteiger partial charge in [0.2, 0.25) is 5.91 Å². The molecule has 4 rings (SSSR count). The first-order chi connectivity index (χ1) is 14.0. The van der Waals surface area contributed by atoms with Crippen molar-refractivity contribution in [3.8, 4) is 0 Å². The molecule has 1 fully saturated rings. The monoisotopic (exact) mass is 399 g/mol. The third-order valence-electron chi connectivity index (χ3n) is 6.14. The summed E-state index contributed by atoms with van der Waals surface area (Å²) < 4.78 is 15.5. The lowest BCUT2D eigenvalue weighted by molar-refractivity contribution is -0.128. The molecule has 1 aromatic carbocycles. The second-order valence-corrected chi connectivity index (χ2v) is 7.89. The number of benzene rings is 1. The second kappa shape index (κ2) is 8.08. The van der Waals surface area contributed by atoms with Crippen LogP contribution in [0.25, 0.3) is 0 Å². The summed E-state index contributed by atoms with van der Waals surface area (Å²) >= 11 is 0. The van der Waals surface area contributed by atoms with E-state index in [0.29, 0.717) is 19.6 Å². The van der Waals surface area contributed by atoms with Gasteiger partial charge >= 0.3 is 0 Å². The summed E-state index contributed by atoms with van der Waals surface area (Å²) in [7, 11) is 0. The number of likely N-dealkylation sites (tertiary alicyclic amines) is 1. The lowest BCUT2D eigenvalue weighted by atomic mass is 9.88. The summed E-state index contributed by atoms with van der Waals surface area (Å²) in [6.45, 7) is 3.24. The Balaban J connectivity index is 1.76. The van der Waals surface area contributed by atoms with E-state index < -0.39 is 6.04 Å². The van der Waals surface area contributed by atoms with E-state index in [2.05, 4.69) is 5.32 Å². The number of hydrogen-bond acceptors (Lipinski definition) is 4. The van der Waals surface area contributed by atoms with Gasteiger partial charge in [-0.1, -0.05) is 25.1 Å². The highest BCUT2D eigenvalue weighted by atomic mass is 19.1. The fourth-order valence-electron chi connectivity index (χ4n) is 4.93. The maximum atomic E-state index is 13.8. The van der Waals surface area contributed by atoms with Gasteiger partial charge in [-0.05, 0) is 30.2 Å². The average molecular weight is 399 g/mol. The molecule has 0 aliphatic carbocycles. The minimum Gasteiger partial charge on any atom is -0.396 e. The molecule has 0 bridgehead atoms. The summed E-state index contributed by atoms with van der Waals surface area (Å²) in [5.41, 5.74) is 1.53. The van der Waals surface area contributed by atoms with E-state index in [1.807, 2.05) is 24.0 Å². The van der Waals surface area contributed by atoms with Gasteiger partial charge in [-0.25, -0.2) is 4.39 Å². The Hall–Kier alpha value is -2.51. The van der Waals surface area contributed by atoms with Crippen molar-refractivity contribution in [2.75, 3.05) is 13.2 Å². The third-order valence-corrected chi connectivity index (χ3v) is 6.14. The molecule has 7 heteroatoms. The van der Waals surface area contributed by atoms with Crippen molar-refractivity contribution in [1.29, 1.82) is 0 Å². The lowest BCUT2D eigenvalue weighted by Gasteiger charge is -2.30. The Morgan fingerprint density at radius 3 is 2.79 bits per heavy atom. The molecule has 1 amide bonds. The van der Waals surface area contributed by atoms with Crippen molar-refractivity contribution in [3.63, 3.8) is 0 Å².